The lowest BCUT2D eigenvalue weighted by Crippen LogP contribution is -2.56. The van der Waals surface area contributed by atoms with Gasteiger partial charge in [-0.15, -0.1) is 0 Å². The molecule has 4 rings (SSSR count). The van der Waals surface area contributed by atoms with Crippen molar-refractivity contribution >= 4 is 18.0 Å². The van der Waals surface area contributed by atoms with Crippen molar-refractivity contribution < 1.29 is 33.0 Å². The Hall–Kier alpha value is -3.49. The van der Waals surface area contributed by atoms with Crippen molar-refractivity contribution in [1.29, 1.82) is 0 Å². The Kier molecular flexibility index (Phi) is 5.82. The SMILES string of the molecule is O=C(O)CC(NC(=O)OCC1c2ccccc2-c2ccccc21)C(=O)NC1CC(F)(F)C1. The summed E-state index contributed by atoms with van der Waals surface area (Å²) in [6, 6.07) is 13.4. The van der Waals surface area contributed by atoms with Crippen molar-refractivity contribution in [2.75, 3.05) is 6.61 Å². The first-order valence-corrected chi connectivity index (χ1v) is 10.2. The third kappa shape index (κ3) is 4.56. The quantitative estimate of drug-likeness (QED) is 0.608. The van der Waals surface area contributed by atoms with Crippen LogP contribution in [0.2, 0.25) is 0 Å². The molecule has 0 radical (unpaired) electrons. The normalized spacial score (nSPS) is 17.4. The lowest BCUT2D eigenvalue weighted by atomic mass is 9.88. The van der Waals surface area contributed by atoms with Gasteiger partial charge < -0.3 is 20.5 Å². The number of benzene rings is 2. The van der Waals surface area contributed by atoms with Gasteiger partial charge in [0.05, 0.1) is 6.42 Å². The van der Waals surface area contributed by atoms with Crippen molar-refractivity contribution in [1.82, 2.24) is 10.6 Å². The summed E-state index contributed by atoms with van der Waals surface area (Å²) in [7, 11) is 0. The molecule has 2 aliphatic carbocycles. The molecule has 0 spiro atoms. The number of rotatable bonds is 7. The molecule has 168 valence electrons. The maximum Gasteiger partial charge on any atom is 0.407 e. The minimum atomic E-state index is -2.83. The number of ether oxygens (including phenoxy) is 1. The minimum Gasteiger partial charge on any atom is -0.481 e. The van der Waals surface area contributed by atoms with Gasteiger partial charge in [0.15, 0.2) is 0 Å². The summed E-state index contributed by atoms with van der Waals surface area (Å²) >= 11 is 0. The number of amides is 2. The van der Waals surface area contributed by atoms with E-state index >= 15 is 0 Å². The highest BCUT2D eigenvalue weighted by atomic mass is 19.3. The van der Waals surface area contributed by atoms with Crippen LogP contribution in [0.4, 0.5) is 13.6 Å². The van der Waals surface area contributed by atoms with E-state index < -0.39 is 55.2 Å². The Labute approximate surface area is 182 Å². The number of alkyl carbamates (subject to hydrolysis) is 1. The number of carbonyl (C=O) groups is 3. The second-order valence-electron chi connectivity index (χ2n) is 8.09. The first-order valence-electron chi connectivity index (χ1n) is 10.2. The molecule has 1 unspecified atom stereocenters. The van der Waals surface area contributed by atoms with Crippen LogP contribution in [-0.2, 0) is 14.3 Å². The van der Waals surface area contributed by atoms with Crippen LogP contribution in [0.15, 0.2) is 48.5 Å². The van der Waals surface area contributed by atoms with E-state index in [4.69, 9.17) is 9.84 Å². The number of aliphatic carboxylic acids is 1. The van der Waals surface area contributed by atoms with Crippen LogP contribution in [0.5, 0.6) is 0 Å². The standard InChI is InChI=1S/C23H22F2N2O5/c24-23(25)10-13(11-23)26-21(30)19(9-20(28)29)27-22(31)32-12-18-16-7-3-1-5-14(16)15-6-2-4-8-17(15)18/h1-8,13,18-19H,9-12H2,(H,26,30)(H,27,31)(H,28,29). The molecular weight excluding hydrogens is 422 g/mol. The van der Waals surface area contributed by atoms with Gasteiger partial charge in [0.2, 0.25) is 5.91 Å². The zero-order chi connectivity index (χ0) is 22.9. The summed E-state index contributed by atoms with van der Waals surface area (Å²) in [5.74, 6) is -5.18. The fourth-order valence-electron chi connectivity index (χ4n) is 4.23. The number of hydrogen-bond donors (Lipinski definition) is 3. The van der Waals surface area contributed by atoms with Gasteiger partial charge >= 0.3 is 12.1 Å². The van der Waals surface area contributed by atoms with Crippen molar-refractivity contribution in [3.63, 3.8) is 0 Å². The first-order chi connectivity index (χ1) is 15.2. The van der Waals surface area contributed by atoms with E-state index in [2.05, 4.69) is 10.6 Å². The molecule has 0 aliphatic heterocycles. The van der Waals surface area contributed by atoms with Gasteiger partial charge in [0.1, 0.15) is 12.6 Å². The molecule has 0 heterocycles. The van der Waals surface area contributed by atoms with Gasteiger partial charge in [-0.1, -0.05) is 48.5 Å². The lowest BCUT2D eigenvalue weighted by Gasteiger charge is -2.36. The van der Waals surface area contributed by atoms with Crippen molar-refractivity contribution in [3.05, 3.63) is 59.7 Å². The van der Waals surface area contributed by atoms with Gasteiger partial charge in [0, 0.05) is 24.8 Å². The number of carboxylic acid groups (broad SMARTS) is 1. The average molecular weight is 444 g/mol. The van der Waals surface area contributed by atoms with Crippen LogP contribution in [0.25, 0.3) is 11.1 Å². The van der Waals surface area contributed by atoms with Crippen molar-refractivity contribution in [3.8, 4) is 11.1 Å². The summed E-state index contributed by atoms with van der Waals surface area (Å²) in [4.78, 5) is 35.8. The molecule has 0 bridgehead atoms. The highest BCUT2D eigenvalue weighted by molar-refractivity contribution is 5.89. The Balaban J connectivity index is 1.38. The number of carbonyl (C=O) groups excluding carboxylic acids is 2. The van der Waals surface area contributed by atoms with E-state index in [1.54, 1.807) is 0 Å². The summed E-state index contributed by atoms with van der Waals surface area (Å²) in [6.07, 6.45) is -2.67. The molecule has 2 aromatic rings. The van der Waals surface area contributed by atoms with Crippen molar-refractivity contribution in [2.24, 2.45) is 0 Å². The molecule has 2 aromatic carbocycles. The third-order valence-electron chi connectivity index (χ3n) is 5.77. The zero-order valence-electron chi connectivity index (χ0n) is 17.0. The van der Waals surface area contributed by atoms with Gasteiger partial charge in [-0.2, -0.15) is 0 Å². The van der Waals surface area contributed by atoms with E-state index in [1.165, 1.54) is 0 Å². The Morgan fingerprint density at radius 1 is 1.03 bits per heavy atom. The van der Waals surface area contributed by atoms with Crippen LogP contribution < -0.4 is 10.6 Å². The molecule has 7 nitrogen and oxygen atoms in total. The molecule has 9 heteroatoms. The molecule has 2 amide bonds. The number of hydrogen-bond acceptors (Lipinski definition) is 4. The van der Waals surface area contributed by atoms with Crippen LogP contribution in [0.3, 0.4) is 0 Å². The minimum absolute atomic E-state index is 0.00385. The second-order valence-corrected chi connectivity index (χ2v) is 8.09. The topological polar surface area (TPSA) is 105 Å². The number of carboxylic acids is 1. The van der Waals surface area contributed by atoms with Crippen LogP contribution in [0, 0.1) is 0 Å². The molecule has 0 aromatic heterocycles. The van der Waals surface area contributed by atoms with Gasteiger partial charge in [-0.3, -0.25) is 9.59 Å². The van der Waals surface area contributed by atoms with Gasteiger partial charge in [-0.25, -0.2) is 13.6 Å². The Morgan fingerprint density at radius 3 is 2.12 bits per heavy atom. The van der Waals surface area contributed by atoms with E-state index in [-0.39, 0.29) is 12.5 Å². The summed E-state index contributed by atoms with van der Waals surface area (Å²) in [6.45, 7) is -0.00385. The molecule has 32 heavy (non-hydrogen) atoms. The predicted molar refractivity (Wildman–Crippen MR) is 110 cm³/mol. The van der Waals surface area contributed by atoms with Crippen LogP contribution in [0.1, 0.15) is 36.3 Å². The fraction of sp³-hybridized carbons (Fsp3) is 0.348. The molecule has 0 saturated heterocycles. The van der Waals surface area contributed by atoms with E-state index in [1.807, 2.05) is 48.5 Å². The maximum atomic E-state index is 13.0. The van der Waals surface area contributed by atoms with Crippen LogP contribution >= 0.6 is 0 Å². The van der Waals surface area contributed by atoms with E-state index in [0.717, 1.165) is 22.3 Å². The molecule has 2 aliphatic rings. The number of fused-ring (bicyclic) bond motifs is 3. The van der Waals surface area contributed by atoms with Gasteiger partial charge in [-0.05, 0) is 22.3 Å². The number of halogens is 2. The highest BCUT2D eigenvalue weighted by Crippen LogP contribution is 2.44. The summed E-state index contributed by atoms with van der Waals surface area (Å²) in [5.41, 5.74) is 4.12. The lowest BCUT2D eigenvalue weighted by molar-refractivity contribution is -0.141. The zero-order valence-corrected chi connectivity index (χ0v) is 17.0. The fourth-order valence-corrected chi connectivity index (χ4v) is 4.23. The predicted octanol–water partition coefficient (Wildman–Crippen LogP) is 3.28. The van der Waals surface area contributed by atoms with Crippen molar-refractivity contribution in [2.45, 2.75) is 43.2 Å². The van der Waals surface area contributed by atoms with E-state index in [9.17, 15) is 23.2 Å². The molecule has 3 N–H and O–H groups in total. The van der Waals surface area contributed by atoms with Crippen LogP contribution in [-0.4, -0.2) is 47.7 Å². The largest absolute Gasteiger partial charge is 0.481 e. The van der Waals surface area contributed by atoms with Gasteiger partial charge in [0.25, 0.3) is 5.92 Å². The second kappa shape index (κ2) is 8.57. The molecule has 1 fully saturated rings. The number of alkyl halides is 2. The molecule has 1 saturated carbocycles. The summed E-state index contributed by atoms with van der Waals surface area (Å²) < 4.78 is 31.3. The van der Waals surface area contributed by atoms with E-state index in [0.29, 0.717) is 0 Å². The monoisotopic (exact) mass is 444 g/mol. The smallest absolute Gasteiger partial charge is 0.407 e. The summed E-state index contributed by atoms with van der Waals surface area (Å²) in [5, 5.41) is 13.7. The third-order valence-corrected chi connectivity index (χ3v) is 5.77. The molecular formula is C23H22F2N2O5. The average Bonchev–Trinajstić information content (AvgIpc) is 3.04. The highest BCUT2D eigenvalue weighted by Gasteiger charge is 2.46. The maximum absolute atomic E-state index is 13.0. The number of nitrogens with one attached hydrogen (secondary N) is 2. The Bertz CT molecular complexity index is 1000. The Morgan fingerprint density at radius 2 is 1.59 bits per heavy atom. The first kappa shape index (κ1) is 21.7. The molecule has 1 atom stereocenters.